The van der Waals surface area contributed by atoms with Crippen LogP contribution in [0, 0.1) is 0 Å². The van der Waals surface area contributed by atoms with E-state index in [1.54, 1.807) is 6.20 Å². The van der Waals surface area contributed by atoms with Gasteiger partial charge in [-0.15, -0.1) is 0 Å². The van der Waals surface area contributed by atoms with E-state index in [1.165, 1.54) is 21.9 Å². The van der Waals surface area contributed by atoms with Crippen molar-refractivity contribution in [2.75, 3.05) is 6.54 Å². The molecule has 0 aliphatic carbocycles. The van der Waals surface area contributed by atoms with Crippen LogP contribution < -0.4 is 10.1 Å². The lowest BCUT2D eigenvalue weighted by Gasteiger charge is -2.20. The maximum Gasteiger partial charge on any atom is 0.335 e. The van der Waals surface area contributed by atoms with Crippen LogP contribution in [-0.2, 0) is 16.1 Å². The fraction of sp³-hybridized carbons (Fsp3) is 0.214. The van der Waals surface area contributed by atoms with Gasteiger partial charge in [-0.05, 0) is 58.8 Å². The molecular weight excluding hydrogens is 490 g/mol. The maximum atomic E-state index is 9.77. The molecule has 0 saturated heterocycles. The average Bonchev–Trinajstić information content (AvgIpc) is 3.14. The number of carboxylic acids is 2. The number of hydrogen-bond acceptors (Lipinski definition) is 8. The Bertz CT molecular complexity index is 1400. The smallest absolute Gasteiger partial charge is 0.335 e. The topological polar surface area (TPSA) is 162 Å². The van der Waals surface area contributed by atoms with Crippen LogP contribution in [0.1, 0.15) is 23.7 Å². The molecule has 0 saturated carbocycles. The van der Waals surface area contributed by atoms with E-state index in [4.69, 9.17) is 25.2 Å². The number of rotatable bonds is 6. The highest BCUT2D eigenvalue weighted by Crippen LogP contribution is 2.32. The molecule has 5 rings (SSSR count). The Kier molecular flexibility index (Phi) is 8.59. The first kappa shape index (κ1) is 26.7. The van der Waals surface area contributed by atoms with Crippen molar-refractivity contribution in [1.82, 2.24) is 15.5 Å². The minimum Gasteiger partial charge on any atom is -0.486 e. The number of nitrogens with one attached hydrogen (secondary N) is 1. The highest BCUT2D eigenvalue weighted by atomic mass is 16.5. The van der Waals surface area contributed by atoms with Crippen molar-refractivity contribution in [3.05, 3.63) is 90.1 Å². The molecule has 0 radical (unpaired) electrons. The molecule has 0 spiro atoms. The number of nitrogens with zero attached hydrogens (tertiary/aromatic N) is 2. The molecule has 3 aromatic carbocycles. The van der Waals surface area contributed by atoms with Crippen LogP contribution in [0.4, 0.5) is 0 Å². The summed E-state index contributed by atoms with van der Waals surface area (Å²) >= 11 is 0. The number of ether oxygens (including phenoxy) is 1. The number of aliphatic hydroxyl groups excluding tert-OH is 2. The zero-order chi connectivity index (χ0) is 27.1. The highest BCUT2D eigenvalue weighted by Gasteiger charge is 2.29. The highest BCUT2D eigenvalue weighted by molar-refractivity contribution is 5.84. The fourth-order valence-corrected chi connectivity index (χ4v) is 4.10. The molecule has 0 bridgehead atoms. The van der Waals surface area contributed by atoms with Crippen LogP contribution in [0.5, 0.6) is 5.75 Å². The van der Waals surface area contributed by atoms with Crippen LogP contribution in [0.3, 0.4) is 0 Å². The van der Waals surface area contributed by atoms with Crippen LogP contribution in [0.2, 0.25) is 0 Å². The molecule has 1 aliphatic heterocycles. The van der Waals surface area contributed by atoms with Crippen molar-refractivity contribution in [2.45, 2.75) is 31.3 Å². The van der Waals surface area contributed by atoms with E-state index < -0.39 is 24.1 Å². The van der Waals surface area contributed by atoms with E-state index in [-0.39, 0.29) is 6.10 Å². The van der Waals surface area contributed by atoms with Gasteiger partial charge in [-0.2, -0.15) is 10.2 Å². The molecule has 1 aromatic heterocycles. The van der Waals surface area contributed by atoms with Crippen molar-refractivity contribution in [2.24, 2.45) is 0 Å². The van der Waals surface area contributed by atoms with Crippen molar-refractivity contribution in [1.29, 1.82) is 0 Å². The third kappa shape index (κ3) is 6.48. The zero-order valence-corrected chi connectivity index (χ0v) is 20.3. The summed E-state index contributed by atoms with van der Waals surface area (Å²) in [5.74, 6) is -2.63. The molecule has 3 atom stereocenters. The van der Waals surface area contributed by atoms with Crippen LogP contribution in [0.15, 0.2) is 79.0 Å². The van der Waals surface area contributed by atoms with Gasteiger partial charge in [0.05, 0.1) is 5.69 Å². The van der Waals surface area contributed by atoms with Gasteiger partial charge < -0.3 is 30.5 Å². The Morgan fingerprint density at radius 3 is 2.32 bits per heavy atom. The van der Waals surface area contributed by atoms with Gasteiger partial charge in [0.15, 0.2) is 12.2 Å². The predicted molar refractivity (Wildman–Crippen MR) is 138 cm³/mol. The number of aromatic nitrogens is 2. The molecule has 0 fully saturated rings. The van der Waals surface area contributed by atoms with Crippen LogP contribution in [0.25, 0.3) is 22.0 Å². The van der Waals surface area contributed by atoms with E-state index in [0.29, 0.717) is 0 Å². The summed E-state index contributed by atoms with van der Waals surface area (Å²) in [4.78, 5) is 19.5. The molecule has 10 heteroatoms. The summed E-state index contributed by atoms with van der Waals surface area (Å²) < 4.78 is 6.45. The number of aliphatic carboxylic acids is 2. The lowest BCUT2D eigenvalue weighted by atomic mass is 9.97. The number of benzene rings is 3. The lowest BCUT2D eigenvalue weighted by Crippen LogP contribution is -2.39. The van der Waals surface area contributed by atoms with Crippen LogP contribution >= 0.6 is 0 Å². The van der Waals surface area contributed by atoms with E-state index >= 15 is 0 Å². The summed E-state index contributed by atoms with van der Waals surface area (Å²) in [6.07, 6.45) is -1.87. The molecule has 196 valence electrons. The Labute approximate surface area is 218 Å². The number of carbonyl (C=O) groups is 2. The van der Waals surface area contributed by atoms with E-state index in [2.05, 4.69) is 76.2 Å². The molecule has 2 heterocycles. The lowest BCUT2D eigenvalue weighted by molar-refractivity contribution is -0.165. The quantitative estimate of drug-likeness (QED) is 0.257. The summed E-state index contributed by atoms with van der Waals surface area (Å²) in [6.45, 7) is 1.76. The Morgan fingerprint density at radius 2 is 1.63 bits per heavy atom. The van der Waals surface area contributed by atoms with E-state index in [0.717, 1.165) is 36.5 Å². The Balaban J connectivity index is 0.000000289. The molecule has 5 N–H and O–H groups in total. The molecule has 3 unspecified atom stereocenters. The van der Waals surface area contributed by atoms with Gasteiger partial charge in [0.2, 0.25) is 0 Å². The normalized spacial score (nSPS) is 16.2. The number of aliphatic hydroxyl groups is 2. The van der Waals surface area contributed by atoms with Crippen LogP contribution in [-0.4, -0.2) is 61.3 Å². The monoisotopic (exact) mass is 517 g/mol. The van der Waals surface area contributed by atoms with Gasteiger partial charge in [0.1, 0.15) is 11.9 Å². The molecule has 4 aromatic rings. The van der Waals surface area contributed by atoms with E-state index in [1.807, 2.05) is 12.1 Å². The summed E-state index contributed by atoms with van der Waals surface area (Å²) in [5.41, 5.74) is 4.47. The molecule has 38 heavy (non-hydrogen) atoms. The predicted octanol–water partition coefficient (Wildman–Crippen LogP) is 2.79. The third-order valence-corrected chi connectivity index (χ3v) is 6.06. The summed E-state index contributed by atoms with van der Waals surface area (Å²) in [5, 5.41) is 46.7. The summed E-state index contributed by atoms with van der Waals surface area (Å²) in [7, 11) is 0. The Morgan fingerprint density at radius 1 is 0.895 bits per heavy atom. The van der Waals surface area contributed by atoms with Gasteiger partial charge in [0.25, 0.3) is 0 Å². The van der Waals surface area contributed by atoms with Crippen molar-refractivity contribution in [3.8, 4) is 17.0 Å². The van der Waals surface area contributed by atoms with Gasteiger partial charge in [-0.3, -0.25) is 0 Å². The van der Waals surface area contributed by atoms with E-state index in [9.17, 15) is 9.59 Å². The first-order valence-electron chi connectivity index (χ1n) is 11.9. The number of hydrogen-bond donors (Lipinski definition) is 5. The minimum atomic E-state index is -2.27. The van der Waals surface area contributed by atoms with Gasteiger partial charge in [-0.25, -0.2) is 9.59 Å². The first-order valence-corrected chi connectivity index (χ1v) is 11.9. The standard InChI is InChI=1S/C24H21N3O.C4H6O6/c1-2-5-18-15-21(9-7-17(18)4-1)28-24-11-13-25-16-20-14-19(8-10-22(20)24)23-6-3-12-26-27-23;5-1(3(7)8)2(6)4(9)10/h1-10,12,14-15,24-25H,11,13,16H2;1-2,5-6H,(H,7,8)(H,9,10). The SMILES string of the molecule is O=C(O)C(O)C(O)C(=O)O.c1cnnc(-c2ccc3c(c2)CNCCC3Oc2ccc3ccccc3c2)c1. The average molecular weight is 518 g/mol. The fourth-order valence-electron chi connectivity index (χ4n) is 4.10. The van der Waals surface area contributed by atoms with Crippen molar-refractivity contribution in [3.63, 3.8) is 0 Å². The maximum absolute atomic E-state index is 9.77. The van der Waals surface area contributed by atoms with Crippen molar-refractivity contribution >= 4 is 22.7 Å². The second-order valence-corrected chi connectivity index (χ2v) is 8.67. The van der Waals surface area contributed by atoms with Gasteiger partial charge in [0, 0.05) is 24.7 Å². The van der Waals surface area contributed by atoms with Gasteiger partial charge in [-0.1, -0.05) is 42.5 Å². The zero-order valence-electron chi connectivity index (χ0n) is 20.3. The largest absolute Gasteiger partial charge is 0.486 e. The molecule has 1 aliphatic rings. The molecule has 0 amide bonds. The summed E-state index contributed by atoms with van der Waals surface area (Å²) in [6, 6.07) is 25.1. The molecule has 10 nitrogen and oxygen atoms in total. The molecular formula is C28H27N3O7. The number of fused-ring (bicyclic) bond motifs is 2. The second kappa shape index (κ2) is 12.2. The second-order valence-electron chi connectivity index (χ2n) is 8.67. The number of carboxylic acid groups (broad SMARTS) is 2. The third-order valence-electron chi connectivity index (χ3n) is 6.06. The van der Waals surface area contributed by atoms with Gasteiger partial charge >= 0.3 is 11.9 Å². The Hall–Kier alpha value is -4.38. The van der Waals surface area contributed by atoms with Crippen molar-refractivity contribution < 1.29 is 34.8 Å². The first-order chi connectivity index (χ1) is 18.3. The minimum absolute atomic E-state index is 0.0297.